The molecule has 0 bridgehead atoms. The highest BCUT2D eigenvalue weighted by Gasteiger charge is 2.44. The first-order valence-corrected chi connectivity index (χ1v) is 4.21. The number of carbonyl (C=O) groups is 1. The summed E-state index contributed by atoms with van der Waals surface area (Å²) in [6.07, 6.45) is 0. The fraction of sp³-hybridized carbons (Fsp3) is 0.750. The predicted octanol–water partition coefficient (Wildman–Crippen LogP) is -0.318. The lowest BCUT2D eigenvalue weighted by Crippen LogP contribution is -2.37. The Morgan fingerprint density at radius 3 is 2.25 bits per heavy atom. The van der Waals surface area contributed by atoms with Gasteiger partial charge in [-0.3, -0.25) is 4.55 Å². The molecular weight excluding hydrogens is 198 g/mol. The Morgan fingerprint density at radius 1 is 1.58 bits per heavy atom. The molecule has 0 aliphatic carbocycles. The molecule has 0 fully saturated rings. The van der Waals surface area contributed by atoms with Crippen LogP contribution in [0.4, 0.5) is 8.78 Å². The van der Waals surface area contributed by atoms with Gasteiger partial charge >= 0.3 is 11.9 Å². The second-order valence-corrected chi connectivity index (χ2v) is 3.37. The van der Waals surface area contributed by atoms with Crippen molar-refractivity contribution < 1.29 is 31.3 Å². The normalized spacial score (nSPS) is 12.7. The molecule has 0 saturated heterocycles. The number of hydrogen-bond acceptors (Lipinski definition) is 4. The van der Waals surface area contributed by atoms with Crippen molar-refractivity contribution in [1.82, 2.24) is 0 Å². The summed E-state index contributed by atoms with van der Waals surface area (Å²) in [7, 11) is -4.21. The number of hydrogen-bond donors (Lipinski definition) is 1. The van der Waals surface area contributed by atoms with Gasteiger partial charge in [0.25, 0.3) is 10.1 Å². The van der Waals surface area contributed by atoms with Crippen LogP contribution in [0.25, 0.3) is 0 Å². The number of ether oxygens (including phenoxy) is 1. The van der Waals surface area contributed by atoms with Crippen molar-refractivity contribution in [2.24, 2.45) is 0 Å². The number of methoxy groups -OCH3 is 1. The minimum Gasteiger partial charge on any atom is -0.465 e. The first-order chi connectivity index (χ1) is 5.19. The van der Waals surface area contributed by atoms with Crippen molar-refractivity contribution in [3.05, 3.63) is 0 Å². The van der Waals surface area contributed by atoms with Crippen LogP contribution < -0.4 is 0 Å². The summed E-state index contributed by atoms with van der Waals surface area (Å²) < 4.78 is 56.0. The van der Waals surface area contributed by atoms with Crippen molar-refractivity contribution in [3.63, 3.8) is 0 Å². The van der Waals surface area contributed by atoms with Crippen molar-refractivity contribution in [2.45, 2.75) is 5.92 Å². The van der Waals surface area contributed by atoms with Crippen LogP contribution in [0.15, 0.2) is 0 Å². The van der Waals surface area contributed by atoms with E-state index in [0.29, 0.717) is 7.11 Å². The standard InChI is InChI=1S/C4H6F2O5S/c1-11-3(7)4(5,6)2-12(8,9)10/h2H2,1H3,(H,8,9,10). The SMILES string of the molecule is COC(=O)C(F)(F)CS(=O)(=O)O. The molecule has 0 atom stereocenters. The molecule has 0 spiro atoms. The summed E-state index contributed by atoms with van der Waals surface area (Å²) in [5.74, 6) is -8.17. The fourth-order valence-electron chi connectivity index (χ4n) is 0.437. The Morgan fingerprint density at radius 2 is 2.00 bits per heavy atom. The molecule has 0 aliphatic rings. The molecule has 0 rings (SSSR count). The van der Waals surface area contributed by atoms with E-state index in [0.717, 1.165) is 0 Å². The minimum absolute atomic E-state index is 0.681. The van der Waals surface area contributed by atoms with E-state index in [1.807, 2.05) is 0 Å². The van der Waals surface area contributed by atoms with E-state index in [1.54, 1.807) is 0 Å². The summed E-state index contributed by atoms with van der Waals surface area (Å²) in [6, 6.07) is 0. The molecule has 12 heavy (non-hydrogen) atoms. The van der Waals surface area contributed by atoms with Crippen LogP contribution in [0.3, 0.4) is 0 Å². The summed E-state index contributed by atoms with van der Waals surface area (Å²) in [5.41, 5.74) is 0. The third kappa shape index (κ3) is 3.58. The Labute approximate surface area is 67.1 Å². The van der Waals surface area contributed by atoms with Crippen molar-refractivity contribution >= 4 is 16.1 Å². The zero-order valence-corrected chi connectivity index (χ0v) is 6.77. The Hall–Kier alpha value is -0.760. The van der Waals surface area contributed by atoms with Crippen molar-refractivity contribution in [3.8, 4) is 0 Å². The van der Waals surface area contributed by atoms with Crippen molar-refractivity contribution in [2.75, 3.05) is 12.9 Å². The van der Waals surface area contributed by atoms with E-state index in [1.165, 1.54) is 0 Å². The Kier molecular flexibility index (Phi) is 3.10. The molecule has 0 aromatic heterocycles. The topological polar surface area (TPSA) is 80.7 Å². The molecule has 8 heteroatoms. The summed E-state index contributed by atoms with van der Waals surface area (Å²) in [4.78, 5) is 10.2. The van der Waals surface area contributed by atoms with Gasteiger partial charge in [-0.15, -0.1) is 0 Å². The third-order valence-electron chi connectivity index (χ3n) is 0.848. The molecule has 0 amide bonds. The number of halogens is 2. The lowest BCUT2D eigenvalue weighted by atomic mass is 10.4. The monoisotopic (exact) mass is 204 g/mol. The fourth-order valence-corrected chi connectivity index (χ4v) is 1.01. The predicted molar refractivity (Wildman–Crippen MR) is 33.4 cm³/mol. The lowest BCUT2D eigenvalue weighted by Gasteiger charge is -2.10. The molecule has 0 aromatic carbocycles. The zero-order valence-electron chi connectivity index (χ0n) is 5.95. The largest absolute Gasteiger partial charge is 0.465 e. The van der Waals surface area contributed by atoms with Gasteiger partial charge < -0.3 is 4.74 Å². The average Bonchev–Trinajstić information content (AvgIpc) is 1.80. The van der Waals surface area contributed by atoms with E-state index in [4.69, 9.17) is 4.55 Å². The van der Waals surface area contributed by atoms with Crippen LogP contribution in [0.1, 0.15) is 0 Å². The molecule has 0 unspecified atom stereocenters. The van der Waals surface area contributed by atoms with Crippen molar-refractivity contribution in [1.29, 1.82) is 0 Å². The first-order valence-electron chi connectivity index (χ1n) is 2.60. The third-order valence-corrected chi connectivity index (χ3v) is 1.58. The maximum absolute atomic E-state index is 12.3. The second-order valence-electron chi connectivity index (χ2n) is 1.92. The highest BCUT2D eigenvalue weighted by atomic mass is 32.2. The highest BCUT2D eigenvalue weighted by Crippen LogP contribution is 2.17. The van der Waals surface area contributed by atoms with Gasteiger partial charge in [-0.1, -0.05) is 0 Å². The van der Waals surface area contributed by atoms with Crippen LogP contribution in [0, 0.1) is 0 Å². The number of carbonyl (C=O) groups excluding carboxylic acids is 1. The average molecular weight is 204 g/mol. The maximum Gasteiger partial charge on any atom is 0.377 e. The Balaban J connectivity index is 4.54. The van der Waals surface area contributed by atoms with Crippen LogP contribution in [0.2, 0.25) is 0 Å². The van der Waals surface area contributed by atoms with Crippen LogP contribution >= 0.6 is 0 Å². The molecule has 5 nitrogen and oxygen atoms in total. The van der Waals surface area contributed by atoms with Gasteiger partial charge in [0.2, 0.25) is 0 Å². The van der Waals surface area contributed by atoms with Crippen LogP contribution in [-0.2, 0) is 19.6 Å². The Bertz CT molecular complexity index is 269. The van der Waals surface area contributed by atoms with Gasteiger partial charge in [0.05, 0.1) is 7.11 Å². The molecular formula is C4H6F2O5S. The molecule has 0 aromatic rings. The number of alkyl halides is 2. The van der Waals surface area contributed by atoms with Crippen LogP contribution in [0.5, 0.6) is 0 Å². The van der Waals surface area contributed by atoms with E-state index < -0.39 is 27.8 Å². The summed E-state index contributed by atoms with van der Waals surface area (Å²) in [6.45, 7) is 0. The smallest absolute Gasteiger partial charge is 0.377 e. The molecule has 0 aliphatic heterocycles. The van der Waals surface area contributed by atoms with E-state index in [9.17, 15) is 22.0 Å². The maximum atomic E-state index is 12.3. The zero-order chi connectivity index (χ0) is 9.99. The molecule has 0 saturated carbocycles. The van der Waals surface area contributed by atoms with E-state index >= 15 is 0 Å². The molecule has 1 N–H and O–H groups in total. The molecule has 0 heterocycles. The van der Waals surface area contributed by atoms with Gasteiger partial charge in [-0.05, 0) is 0 Å². The number of esters is 1. The highest BCUT2D eigenvalue weighted by molar-refractivity contribution is 7.85. The van der Waals surface area contributed by atoms with Gasteiger partial charge in [0, 0.05) is 0 Å². The van der Waals surface area contributed by atoms with Gasteiger partial charge in [-0.25, -0.2) is 4.79 Å². The van der Waals surface area contributed by atoms with E-state index in [-0.39, 0.29) is 0 Å². The molecule has 72 valence electrons. The van der Waals surface area contributed by atoms with Crippen LogP contribution in [-0.4, -0.2) is 37.7 Å². The quantitative estimate of drug-likeness (QED) is 0.503. The van der Waals surface area contributed by atoms with Gasteiger partial charge in [0.15, 0.2) is 5.75 Å². The number of rotatable bonds is 3. The second kappa shape index (κ2) is 3.31. The van der Waals surface area contributed by atoms with E-state index in [2.05, 4.69) is 4.74 Å². The first kappa shape index (κ1) is 11.2. The van der Waals surface area contributed by atoms with Gasteiger partial charge in [-0.2, -0.15) is 17.2 Å². The lowest BCUT2D eigenvalue weighted by molar-refractivity contribution is -0.165. The summed E-state index contributed by atoms with van der Waals surface area (Å²) >= 11 is 0. The minimum atomic E-state index is -4.89. The molecule has 0 radical (unpaired) electrons. The summed E-state index contributed by atoms with van der Waals surface area (Å²) in [5, 5.41) is 0. The van der Waals surface area contributed by atoms with Gasteiger partial charge in [0.1, 0.15) is 0 Å².